The topological polar surface area (TPSA) is 74.8 Å². The van der Waals surface area contributed by atoms with Crippen LogP contribution in [0.5, 0.6) is 0 Å². The summed E-state index contributed by atoms with van der Waals surface area (Å²) < 4.78 is 1.70. The van der Waals surface area contributed by atoms with Crippen LogP contribution in [0.2, 0.25) is 0 Å². The van der Waals surface area contributed by atoms with Crippen molar-refractivity contribution in [1.29, 1.82) is 0 Å². The van der Waals surface area contributed by atoms with Crippen molar-refractivity contribution < 1.29 is 19.2 Å². The number of rotatable bonds is 9. The number of aryl methyl sites for hydroxylation is 2. The Kier molecular flexibility index (Phi) is 8.83. The maximum Gasteiger partial charge on any atom is 0.258 e. The molecule has 2 aromatic rings. The number of carbonyl (C=O) groups excluding carboxylic acids is 4. The summed E-state index contributed by atoms with van der Waals surface area (Å²) in [6.07, 6.45) is 6.74. The van der Waals surface area contributed by atoms with Crippen molar-refractivity contribution >= 4 is 90.4 Å². The van der Waals surface area contributed by atoms with Crippen LogP contribution in [0, 0.1) is 0 Å². The SMILES string of the molecule is CCc1cc(SCC(C)Sc2cc(CC)c(Br)cc2N2C(=O)C=CC2=O)c(N2C(=O)C=CC2=O)cc1Br. The van der Waals surface area contributed by atoms with Crippen molar-refractivity contribution in [2.24, 2.45) is 0 Å². The number of hydrogen-bond acceptors (Lipinski definition) is 6. The number of halogens is 2. The first-order valence-electron chi connectivity index (χ1n) is 11.7. The van der Waals surface area contributed by atoms with Gasteiger partial charge in [0.2, 0.25) is 0 Å². The van der Waals surface area contributed by atoms with Crippen LogP contribution in [0.25, 0.3) is 0 Å². The second-order valence-corrected chi connectivity index (χ2v) is 12.7. The zero-order valence-corrected chi connectivity index (χ0v) is 25.2. The molecule has 0 saturated carbocycles. The van der Waals surface area contributed by atoms with Crippen molar-refractivity contribution in [1.82, 2.24) is 0 Å². The van der Waals surface area contributed by atoms with Gasteiger partial charge in [0.25, 0.3) is 23.6 Å². The second kappa shape index (κ2) is 11.7. The molecule has 2 heterocycles. The number of nitrogens with zero attached hydrogens (tertiary/aromatic N) is 2. The molecule has 2 aliphatic heterocycles. The minimum absolute atomic E-state index is 0.0834. The van der Waals surface area contributed by atoms with Crippen molar-refractivity contribution in [2.45, 2.75) is 48.7 Å². The van der Waals surface area contributed by atoms with Gasteiger partial charge in [-0.15, -0.1) is 23.5 Å². The fourth-order valence-electron chi connectivity index (χ4n) is 4.00. The predicted molar refractivity (Wildman–Crippen MR) is 156 cm³/mol. The first kappa shape index (κ1) is 27.9. The molecule has 10 heteroatoms. The highest BCUT2D eigenvalue weighted by Crippen LogP contribution is 2.42. The minimum atomic E-state index is -0.356. The number of imide groups is 2. The van der Waals surface area contributed by atoms with E-state index in [2.05, 4.69) is 52.6 Å². The summed E-state index contributed by atoms with van der Waals surface area (Å²) >= 11 is 10.3. The summed E-state index contributed by atoms with van der Waals surface area (Å²) in [7, 11) is 0. The van der Waals surface area contributed by atoms with Crippen molar-refractivity contribution in [3.05, 3.63) is 68.6 Å². The summed E-state index contributed by atoms with van der Waals surface area (Å²) in [6, 6.07) is 7.72. The standard InChI is InChI=1S/C27H24Br2N2O4S2/c1-4-16-10-22(20(12-18(16)28)30-24(32)6-7-25(30)33)36-14-15(3)37-23-11-17(5-2)19(29)13-21(23)31-26(34)8-9-27(31)35/h6-13,15H,4-5,14H2,1-3H3. The van der Waals surface area contributed by atoms with Gasteiger partial charge >= 0.3 is 0 Å². The van der Waals surface area contributed by atoms with E-state index in [-0.39, 0.29) is 28.9 Å². The van der Waals surface area contributed by atoms with Crippen LogP contribution in [-0.4, -0.2) is 34.6 Å². The third-order valence-corrected chi connectivity index (χ3v) is 10.1. The molecule has 1 atom stereocenters. The molecule has 0 fully saturated rings. The molecular formula is C27H24Br2N2O4S2. The molecule has 4 amide bonds. The van der Waals surface area contributed by atoms with Crippen molar-refractivity contribution in [3.8, 4) is 0 Å². The first-order valence-corrected chi connectivity index (χ1v) is 15.2. The maximum absolute atomic E-state index is 12.4. The summed E-state index contributed by atoms with van der Waals surface area (Å²) in [5.41, 5.74) is 3.28. The molecule has 6 nitrogen and oxygen atoms in total. The molecule has 0 aromatic heterocycles. The summed E-state index contributed by atoms with van der Waals surface area (Å²) in [5, 5.41) is 0.0834. The maximum atomic E-state index is 12.4. The molecule has 37 heavy (non-hydrogen) atoms. The highest BCUT2D eigenvalue weighted by atomic mass is 79.9. The summed E-state index contributed by atoms with van der Waals surface area (Å²) in [5.74, 6) is -0.755. The van der Waals surface area contributed by atoms with Gasteiger partial charge in [0, 0.05) is 54.0 Å². The smallest absolute Gasteiger partial charge is 0.258 e. The van der Waals surface area contributed by atoms with Gasteiger partial charge in [-0.25, -0.2) is 9.80 Å². The van der Waals surface area contributed by atoms with Crippen LogP contribution >= 0.6 is 55.4 Å². The zero-order valence-electron chi connectivity index (χ0n) is 20.4. The Morgan fingerprint density at radius 1 is 0.703 bits per heavy atom. The Morgan fingerprint density at radius 2 is 1.11 bits per heavy atom. The normalized spacial score (nSPS) is 16.0. The van der Waals surface area contributed by atoms with Gasteiger partial charge in [-0.05, 0) is 48.2 Å². The molecule has 0 aliphatic carbocycles. The molecule has 0 bridgehead atoms. The number of benzene rings is 2. The Hall–Kier alpha value is -2.14. The van der Waals surface area contributed by atoms with Crippen molar-refractivity contribution in [3.63, 3.8) is 0 Å². The van der Waals surface area contributed by atoms with E-state index in [1.54, 1.807) is 23.5 Å². The van der Waals surface area contributed by atoms with Crippen LogP contribution in [0.15, 0.2) is 67.3 Å². The molecule has 0 spiro atoms. The van der Waals surface area contributed by atoms with E-state index < -0.39 is 0 Å². The average molecular weight is 664 g/mol. The number of anilines is 2. The zero-order chi connectivity index (χ0) is 26.9. The molecule has 2 aliphatic rings. The van der Waals surface area contributed by atoms with E-state index in [1.165, 1.54) is 34.1 Å². The van der Waals surface area contributed by atoms with E-state index in [0.717, 1.165) is 42.7 Å². The molecule has 0 radical (unpaired) electrons. The van der Waals surface area contributed by atoms with E-state index in [4.69, 9.17) is 0 Å². The average Bonchev–Trinajstić information content (AvgIpc) is 3.38. The Balaban J connectivity index is 1.60. The third kappa shape index (κ3) is 5.82. The highest BCUT2D eigenvalue weighted by Gasteiger charge is 2.30. The van der Waals surface area contributed by atoms with E-state index >= 15 is 0 Å². The lowest BCUT2D eigenvalue weighted by Gasteiger charge is -2.23. The Bertz CT molecular complexity index is 1340. The summed E-state index contributed by atoms with van der Waals surface area (Å²) in [6.45, 7) is 6.18. The molecule has 2 aromatic carbocycles. The van der Waals surface area contributed by atoms with Crippen LogP contribution in [-0.2, 0) is 32.0 Å². The lowest BCUT2D eigenvalue weighted by molar-refractivity contribution is -0.121. The number of hydrogen-bond donors (Lipinski definition) is 0. The van der Waals surface area contributed by atoms with Gasteiger partial charge in [-0.3, -0.25) is 19.2 Å². The Morgan fingerprint density at radius 3 is 1.54 bits per heavy atom. The highest BCUT2D eigenvalue weighted by molar-refractivity contribution is 9.10. The third-order valence-electron chi connectivity index (χ3n) is 5.92. The van der Waals surface area contributed by atoms with Crippen LogP contribution in [0.1, 0.15) is 31.9 Å². The molecule has 192 valence electrons. The monoisotopic (exact) mass is 662 g/mol. The number of carbonyl (C=O) groups is 4. The largest absolute Gasteiger partial charge is 0.269 e. The van der Waals surface area contributed by atoms with Gasteiger partial charge in [-0.2, -0.15) is 0 Å². The quantitative estimate of drug-likeness (QED) is 0.226. The van der Waals surface area contributed by atoms with Crippen molar-refractivity contribution in [2.75, 3.05) is 15.6 Å². The van der Waals surface area contributed by atoms with Crippen LogP contribution in [0.4, 0.5) is 11.4 Å². The fourth-order valence-corrected chi connectivity index (χ4v) is 7.56. The molecule has 4 rings (SSSR count). The van der Waals surface area contributed by atoms with E-state index in [9.17, 15) is 19.2 Å². The lowest BCUT2D eigenvalue weighted by Crippen LogP contribution is -2.30. The van der Waals surface area contributed by atoms with Crippen LogP contribution < -0.4 is 9.80 Å². The van der Waals surface area contributed by atoms with Crippen LogP contribution in [0.3, 0.4) is 0 Å². The van der Waals surface area contributed by atoms with Gasteiger partial charge < -0.3 is 0 Å². The molecular weight excluding hydrogens is 640 g/mol. The number of thioether (sulfide) groups is 2. The van der Waals surface area contributed by atoms with Gasteiger partial charge in [0.05, 0.1) is 11.4 Å². The van der Waals surface area contributed by atoms with E-state index in [0.29, 0.717) is 17.1 Å². The predicted octanol–water partition coefficient (Wildman–Crippen LogP) is 6.47. The summed E-state index contributed by atoms with van der Waals surface area (Å²) in [4.78, 5) is 53.8. The number of amides is 4. The minimum Gasteiger partial charge on any atom is -0.269 e. The Labute approximate surface area is 241 Å². The molecule has 1 unspecified atom stereocenters. The first-order chi connectivity index (χ1) is 17.6. The molecule has 0 saturated heterocycles. The lowest BCUT2D eigenvalue weighted by atomic mass is 10.1. The second-order valence-electron chi connectivity index (χ2n) is 8.46. The van der Waals surface area contributed by atoms with E-state index in [1.807, 2.05) is 24.3 Å². The van der Waals surface area contributed by atoms with Gasteiger partial charge in [0.1, 0.15) is 0 Å². The van der Waals surface area contributed by atoms with Gasteiger partial charge in [-0.1, -0.05) is 52.6 Å². The van der Waals surface area contributed by atoms with Gasteiger partial charge in [0.15, 0.2) is 0 Å². The fraction of sp³-hybridized carbons (Fsp3) is 0.259. The molecule has 0 N–H and O–H groups in total.